The highest BCUT2D eigenvalue weighted by Crippen LogP contribution is 2.29. The molecule has 1 N–H and O–H groups in total. The van der Waals surface area contributed by atoms with Gasteiger partial charge in [0, 0.05) is 17.0 Å². The van der Waals surface area contributed by atoms with Crippen molar-refractivity contribution in [1.29, 1.82) is 0 Å². The van der Waals surface area contributed by atoms with Crippen molar-refractivity contribution in [2.24, 2.45) is 0 Å². The molecule has 0 aliphatic carbocycles. The van der Waals surface area contributed by atoms with Crippen molar-refractivity contribution in [3.8, 4) is 0 Å². The van der Waals surface area contributed by atoms with Crippen molar-refractivity contribution < 1.29 is 18.7 Å². The van der Waals surface area contributed by atoms with Gasteiger partial charge < -0.3 is 14.8 Å². The maximum Gasteiger partial charge on any atom is 0.251 e. The number of hydrogen-bond donors (Lipinski definition) is 1. The van der Waals surface area contributed by atoms with E-state index in [9.17, 15) is 9.18 Å². The van der Waals surface area contributed by atoms with Crippen LogP contribution in [0.5, 0.6) is 0 Å². The number of halogens is 2. The SMILES string of the molecule is CC(C)(CNC(=O)[C@H]1COCCO1)c1ccc(F)cc1Cl. The Morgan fingerprint density at radius 3 is 2.86 bits per heavy atom. The molecule has 21 heavy (non-hydrogen) atoms. The van der Waals surface area contributed by atoms with Gasteiger partial charge in [0.25, 0.3) is 5.91 Å². The van der Waals surface area contributed by atoms with Crippen LogP contribution < -0.4 is 5.32 Å². The number of hydrogen-bond acceptors (Lipinski definition) is 3. The lowest BCUT2D eigenvalue weighted by Gasteiger charge is -2.28. The summed E-state index contributed by atoms with van der Waals surface area (Å²) < 4.78 is 23.6. The van der Waals surface area contributed by atoms with Crippen LogP contribution in [0.3, 0.4) is 0 Å². The van der Waals surface area contributed by atoms with Gasteiger partial charge in [0.1, 0.15) is 5.82 Å². The van der Waals surface area contributed by atoms with E-state index >= 15 is 0 Å². The molecule has 1 fully saturated rings. The van der Waals surface area contributed by atoms with E-state index in [2.05, 4.69) is 5.32 Å². The molecule has 0 radical (unpaired) electrons. The van der Waals surface area contributed by atoms with Gasteiger partial charge in [-0.3, -0.25) is 4.79 Å². The first-order valence-electron chi connectivity index (χ1n) is 6.83. The molecule has 1 aromatic carbocycles. The second-order valence-electron chi connectivity index (χ2n) is 5.66. The van der Waals surface area contributed by atoms with Crippen molar-refractivity contribution >= 4 is 17.5 Å². The number of rotatable bonds is 4. The molecular weight excluding hydrogens is 297 g/mol. The van der Waals surface area contributed by atoms with Crippen LogP contribution in [0.1, 0.15) is 19.4 Å². The van der Waals surface area contributed by atoms with E-state index in [1.807, 2.05) is 13.8 Å². The van der Waals surface area contributed by atoms with Crippen LogP contribution in [-0.4, -0.2) is 38.4 Å². The molecule has 6 heteroatoms. The third-order valence-electron chi connectivity index (χ3n) is 3.47. The molecule has 4 nitrogen and oxygen atoms in total. The molecule has 116 valence electrons. The lowest BCUT2D eigenvalue weighted by atomic mass is 9.84. The third kappa shape index (κ3) is 4.15. The fraction of sp³-hybridized carbons (Fsp3) is 0.533. The molecule has 1 atom stereocenters. The van der Waals surface area contributed by atoms with Gasteiger partial charge >= 0.3 is 0 Å². The van der Waals surface area contributed by atoms with Crippen LogP contribution in [0.25, 0.3) is 0 Å². The average Bonchev–Trinajstić information content (AvgIpc) is 2.45. The molecule has 1 aromatic rings. The minimum Gasteiger partial charge on any atom is -0.376 e. The first kappa shape index (κ1) is 16.2. The predicted octanol–water partition coefficient (Wildman–Crippen LogP) is 2.29. The zero-order chi connectivity index (χ0) is 15.5. The van der Waals surface area contributed by atoms with Crippen molar-refractivity contribution in [2.45, 2.75) is 25.4 Å². The lowest BCUT2D eigenvalue weighted by molar-refractivity contribution is -0.147. The monoisotopic (exact) mass is 315 g/mol. The van der Waals surface area contributed by atoms with Crippen molar-refractivity contribution in [2.75, 3.05) is 26.4 Å². The number of nitrogens with one attached hydrogen (secondary N) is 1. The summed E-state index contributed by atoms with van der Waals surface area (Å²) in [6, 6.07) is 4.28. The molecular formula is C15H19ClFNO3. The number of carbonyl (C=O) groups excluding carboxylic acids is 1. The summed E-state index contributed by atoms with van der Waals surface area (Å²) in [5, 5.41) is 3.19. The summed E-state index contributed by atoms with van der Waals surface area (Å²) in [6.45, 7) is 5.45. The van der Waals surface area contributed by atoms with Crippen LogP contribution >= 0.6 is 11.6 Å². The minimum atomic E-state index is -0.571. The van der Waals surface area contributed by atoms with Gasteiger partial charge in [-0.25, -0.2) is 4.39 Å². The van der Waals surface area contributed by atoms with Gasteiger partial charge in [-0.05, 0) is 17.7 Å². The minimum absolute atomic E-state index is 0.207. The molecule has 0 saturated carbocycles. The van der Waals surface area contributed by atoms with Crippen LogP contribution in [0.4, 0.5) is 4.39 Å². The Morgan fingerprint density at radius 2 is 2.24 bits per heavy atom. The number of carbonyl (C=O) groups is 1. The summed E-state index contributed by atoms with van der Waals surface area (Å²) in [5.41, 5.74) is 0.363. The van der Waals surface area contributed by atoms with Gasteiger partial charge in [-0.15, -0.1) is 0 Å². The van der Waals surface area contributed by atoms with E-state index in [4.69, 9.17) is 21.1 Å². The second-order valence-corrected chi connectivity index (χ2v) is 6.07. The lowest BCUT2D eigenvalue weighted by Crippen LogP contribution is -2.46. The topological polar surface area (TPSA) is 47.6 Å². The summed E-state index contributed by atoms with van der Waals surface area (Å²) in [6.07, 6.45) is -0.571. The van der Waals surface area contributed by atoms with Gasteiger partial charge in [-0.2, -0.15) is 0 Å². The number of benzene rings is 1. The highest BCUT2D eigenvalue weighted by Gasteiger charge is 2.27. The average molecular weight is 316 g/mol. The van der Waals surface area contributed by atoms with E-state index < -0.39 is 11.5 Å². The molecule has 1 saturated heterocycles. The third-order valence-corrected chi connectivity index (χ3v) is 3.79. The largest absolute Gasteiger partial charge is 0.376 e. The van der Waals surface area contributed by atoms with Gasteiger partial charge in [0.15, 0.2) is 6.10 Å². The van der Waals surface area contributed by atoms with Crippen LogP contribution in [-0.2, 0) is 19.7 Å². The Kier molecular flexibility index (Phi) is 5.19. The number of amides is 1. The molecule has 0 spiro atoms. The molecule has 1 heterocycles. The molecule has 1 amide bonds. The van der Waals surface area contributed by atoms with Crippen molar-refractivity contribution in [3.63, 3.8) is 0 Å². The predicted molar refractivity (Wildman–Crippen MR) is 78.0 cm³/mol. The Morgan fingerprint density at radius 1 is 1.48 bits per heavy atom. The number of ether oxygens (including phenoxy) is 2. The van der Waals surface area contributed by atoms with E-state index in [1.54, 1.807) is 6.07 Å². The molecule has 0 aromatic heterocycles. The molecule has 2 rings (SSSR count). The van der Waals surface area contributed by atoms with Gasteiger partial charge in [-0.1, -0.05) is 31.5 Å². The quantitative estimate of drug-likeness (QED) is 0.927. The maximum atomic E-state index is 13.1. The second kappa shape index (κ2) is 6.73. The summed E-state index contributed by atoms with van der Waals surface area (Å²) in [7, 11) is 0. The van der Waals surface area contributed by atoms with Crippen LogP contribution in [0.2, 0.25) is 5.02 Å². The molecule has 0 bridgehead atoms. The van der Waals surface area contributed by atoms with E-state index in [0.29, 0.717) is 24.8 Å². The molecule has 1 aliphatic rings. The molecule has 0 unspecified atom stereocenters. The van der Waals surface area contributed by atoms with Crippen LogP contribution in [0.15, 0.2) is 18.2 Å². The smallest absolute Gasteiger partial charge is 0.251 e. The Balaban J connectivity index is 1.98. The maximum absolute atomic E-state index is 13.1. The van der Waals surface area contributed by atoms with E-state index in [0.717, 1.165) is 5.56 Å². The summed E-state index contributed by atoms with van der Waals surface area (Å²) >= 11 is 6.08. The van der Waals surface area contributed by atoms with E-state index in [1.165, 1.54) is 12.1 Å². The Labute approximate surface area is 128 Å². The first-order chi connectivity index (χ1) is 9.90. The zero-order valence-corrected chi connectivity index (χ0v) is 12.9. The van der Waals surface area contributed by atoms with Crippen LogP contribution in [0, 0.1) is 5.82 Å². The normalized spacial score (nSPS) is 19.3. The standard InChI is InChI=1S/C15H19ClFNO3/c1-15(2,11-4-3-10(17)7-12(11)16)9-18-14(19)13-8-20-5-6-21-13/h3-4,7,13H,5-6,8-9H2,1-2H3,(H,18,19)/t13-/m1/s1. The molecule has 1 aliphatic heterocycles. The van der Waals surface area contributed by atoms with Gasteiger partial charge in [0.05, 0.1) is 19.8 Å². The van der Waals surface area contributed by atoms with Gasteiger partial charge in [0.2, 0.25) is 0 Å². The van der Waals surface area contributed by atoms with E-state index in [-0.39, 0.29) is 18.3 Å². The zero-order valence-electron chi connectivity index (χ0n) is 12.1. The highest BCUT2D eigenvalue weighted by atomic mass is 35.5. The summed E-state index contributed by atoms with van der Waals surface area (Å²) in [4.78, 5) is 12.0. The van der Waals surface area contributed by atoms with Crippen molar-refractivity contribution in [1.82, 2.24) is 5.32 Å². The first-order valence-corrected chi connectivity index (χ1v) is 7.20. The Bertz CT molecular complexity index is 516. The Hall–Kier alpha value is -1.17. The summed E-state index contributed by atoms with van der Waals surface area (Å²) in [5.74, 6) is -0.586. The fourth-order valence-electron chi connectivity index (χ4n) is 2.19. The highest BCUT2D eigenvalue weighted by molar-refractivity contribution is 6.31. The van der Waals surface area contributed by atoms with Crippen molar-refractivity contribution in [3.05, 3.63) is 34.6 Å². The fourth-order valence-corrected chi connectivity index (χ4v) is 2.62.